The van der Waals surface area contributed by atoms with Gasteiger partial charge in [-0.2, -0.15) is 10.1 Å². The standard InChI is InChI=1S/C16H19N5O3/c1-11(22)20-7-9-21(10-8-20)16-17-15(23)14(18-19-16)12-3-5-13(24-2)6-4-12/h3-6,14H,7-10H2,1-2H3. The lowest BCUT2D eigenvalue weighted by Gasteiger charge is -2.34. The number of piperazine rings is 1. The van der Waals surface area contributed by atoms with Gasteiger partial charge in [-0.25, -0.2) is 0 Å². The number of aliphatic imine (C=N–C) groups is 1. The fourth-order valence-corrected chi connectivity index (χ4v) is 2.69. The quantitative estimate of drug-likeness (QED) is 0.817. The van der Waals surface area contributed by atoms with Crippen molar-refractivity contribution in [1.82, 2.24) is 9.80 Å². The monoisotopic (exact) mass is 329 g/mol. The maximum atomic E-state index is 12.3. The summed E-state index contributed by atoms with van der Waals surface area (Å²) >= 11 is 0. The van der Waals surface area contributed by atoms with E-state index in [9.17, 15) is 9.59 Å². The van der Waals surface area contributed by atoms with Gasteiger partial charge in [0.25, 0.3) is 5.91 Å². The lowest BCUT2D eigenvalue weighted by Crippen LogP contribution is -2.50. The average Bonchev–Trinajstić information content (AvgIpc) is 2.62. The van der Waals surface area contributed by atoms with Gasteiger partial charge >= 0.3 is 0 Å². The van der Waals surface area contributed by atoms with Gasteiger partial charge in [-0.15, -0.1) is 5.11 Å². The number of carbonyl (C=O) groups is 2. The Labute approximate surface area is 139 Å². The number of hydrogen-bond acceptors (Lipinski definition) is 6. The number of amides is 2. The van der Waals surface area contributed by atoms with Crippen molar-refractivity contribution in [2.24, 2.45) is 15.2 Å². The SMILES string of the molecule is COc1ccc(C2N=NC(N3CCN(C(C)=O)CC3)=NC2=O)cc1. The van der Waals surface area contributed by atoms with Crippen LogP contribution in [0.15, 0.2) is 39.5 Å². The third-order valence-corrected chi connectivity index (χ3v) is 4.15. The van der Waals surface area contributed by atoms with Crippen LogP contribution in [0.25, 0.3) is 0 Å². The Morgan fingerprint density at radius 1 is 1.17 bits per heavy atom. The first-order valence-corrected chi connectivity index (χ1v) is 7.76. The van der Waals surface area contributed by atoms with Gasteiger partial charge in [-0.1, -0.05) is 12.1 Å². The first-order chi connectivity index (χ1) is 11.6. The van der Waals surface area contributed by atoms with Crippen molar-refractivity contribution >= 4 is 17.8 Å². The van der Waals surface area contributed by atoms with Crippen molar-refractivity contribution in [3.05, 3.63) is 29.8 Å². The predicted octanol–water partition coefficient (Wildman–Crippen LogP) is 1.25. The minimum atomic E-state index is -0.710. The zero-order chi connectivity index (χ0) is 17.1. The molecule has 0 saturated carbocycles. The molecule has 0 aromatic heterocycles. The molecule has 0 N–H and O–H groups in total. The Morgan fingerprint density at radius 3 is 2.38 bits per heavy atom. The number of guanidine groups is 1. The predicted molar refractivity (Wildman–Crippen MR) is 86.9 cm³/mol. The molecule has 8 nitrogen and oxygen atoms in total. The van der Waals surface area contributed by atoms with E-state index in [-0.39, 0.29) is 11.8 Å². The molecule has 2 heterocycles. The van der Waals surface area contributed by atoms with Crippen LogP contribution >= 0.6 is 0 Å². The highest BCUT2D eigenvalue weighted by Crippen LogP contribution is 2.25. The van der Waals surface area contributed by atoms with E-state index in [2.05, 4.69) is 15.2 Å². The first kappa shape index (κ1) is 16.1. The summed E-state index contributed by atoms with van der Waals surface area (Å²) in [5.41, 5.74) is 0.730. The third-order valence-electron chi connectivity index (χ3n) is 4.15. The highest BCUT2D eigenvalue weighted by Gasteiger charge is 2.28. The lowest BCUT2D eigenvalue weighted by molar-refractivity contribution is -0.130. The second kappa shape index (κ2) is 6.77. The zero-order valence-corrected chi connectivity index (χ0v) is 13.7. The number of rotatable bonds is 2. The van der Waals surface area contributed by atoms with Crippen molar-refractivity contribution < 1.29 is 14.3 Å². The summed E-state index contributed by atoms with van der Waals surface area (Å²) in [4.78, 5) is 31.4. The molecule has 1 unspecified atom stereocenters. The molecule has 1 saturated heterocycles. The molecule has 3 rings (SSSR count). The Balaban J connectivity index is 1.67. The Kier molecular flexibility index (Phi) is 4.54. The molecule has 0 spiro atoms. The molecule has 126 valence electrons. The summed E-state index contributed by atoms with van der Waals surface area (Å²) in [7, 11) is 1.59. The van der Waals surface area contributed by atoms with Crippen LogP contribution in [0.4, 0.5) is 0 Å². The van der Waals surface area contributed by atoms with Crippen molar-refractivity contribution in [3.63, 3.8) is 0 Å². The molecule has 2 aliphatic rings. The summed E-state index contributed by atoms with van der Waals surface area (Å²) < 4.78 is 5.10. The maximum absolute atomic E-state index is 12.3. The zero-order valence-electron chi connectivity index (χ0n) is 13.7. The largest absolute Gasteiger partial charge is 0.497 e. The van der Waals surface area contributed by atoms with Crippen molar-refractivity contribution in [2.45, 2.75) is 13.0 Å². The molecule has 0 radical (unpaired) electrons. The highest BCUT2D eigenvalue weighted by molar-refractivity contribution is 5.98. The van der Waals surface area contributed by atoms with Crippen LogP contribution in [0, 0.1) is 0 Å². The van der Waals surface area contributed by atoms with Crippen molar-refractivity contribution in [3.8, 4) is 5.75 Å². The number of carbonyl (C=O) groups excluding carboxylic acids is 2. The smallest absolute Gasteiger partial charge is 0.280 e. The van der Waals surface area contributed by atoms with Crippen LogP contribution in [0.1, 0.15) is 18.5 Å². The number of azo groups is 1. The van der Waals surface area contributed by atoms with E-state index in [0.717, 1.165) is 5.56 Å². The molecule has 2 aliphatic heterocycles. The Hall–Kier alpha value is -2.77. The summed E-state index contributed by atoms with van der Waals surface area (Å²) in [5, 5.41) is 8.25. The van der Waals surface area contributed by atoms with E-state index in [1.807, 2.05) is 4.90 Å². The van der Waals surface area contributed by atoms with Gasteiger partial charge in [0.15, 0.2) is 6.04 Å². The lowest BCUT2D eigenvalue weighted by atomic mass is 10.1. The van der Waals surface area contributed by atoms with Crippen LogP contribution in [0.3, 0.4) is 0 Å². The fourth-order valence-electron chi connectivity index (χ4n) is 2.69. The molecule has 1 aromatic rings. The van der Waals surface area contributed by atoms with Gasteiger partial charge in [-0.3, -0.25) is 9.59 Å². The fraction of sp³-hybridized carbons (Fsp3) is 0.438. The summed E-state index contributed by atoms with van der Waals surface area (Å²) in [6.45, 7) is 3.94. The van der Waals surface area contributed by atoms with Gasteiger partial charge in [0.2, 0.25) is 11.9 Å². The van der Waals surface area contributed by atoms with E-state index in [0.29, 0.717) is 37.9 Å². The minimum Gasteiger partial charge on any atom is -0.497 e. The minimum absolute atomic E-state index is 0.0532. The normalized spacial score (nSPS) is 20.8. The van der Waals surface area contributed by atoms with E-state index in [1.165, 1.54) is 0 Å². The van der Waals surface area contributed by atoms with Gasteiger partial charge < -0.3 is 14.5 Å². The Bertz CT molecular complexity index is 690. The van der Waals surface area contributed by atoms with Crippen LogP contribution in [0.5, 0.6) is 5.75 Å². The number of benzene rings is 1. The Morgan fingerprint density at radius 2 is 1.83 bits per heavy atom. The molecule has 0 bridgehead atoms. The summed E-state index contributed by atoms with van der Waals surface area (Å²) in [6, 6.07) is 6.41. The average molecular weight is 329 g/mol. The van der Waals surface area contributed by atoms with E-state index < -0.39 is 6.04 Å². The molecule has 24 heavy (non-hydrogen) atoms. The van der Waals surface area contributed by atoms with Crippen LogP contribution in [-0.2, 0) is 9.59 Å². The number of methoxy groups -OCH3 is 1. The van der Waals surface area contributed by atoms with Crippen LogP contribution in [-0.4, -0.2) is 60.9 Å². The molecule has 1 atom stereocenters. The highest BCUT2D eigenvalue weighted by atomic mass is 16.5. The number of hydrogen-bond donors (Lipinski definition) is 0. The molecular formula is C16H19N5O3. The van der Waals surface area contributed by atoms with Crippen molar-refractivity contribution in [2.75, 3.05) is 33.3 Å². The van der Waals surface area contributed by atoms with Gasteiger partial charge in [0.1, 0.15) is 5.75 Å². The van der Waals surface area contributed by atoms with E-state index in [1.54, 1.807) is 43.2 Å². The first-order valence-electron chi connectivity index (χ1n) is 7.76. The second-order valence-corrected chi connectivity index (χ2v) is 5.63. The molecule has 2 amide bonds. The maximum Gasteiger partial charge on any atom is 0.280 e. The van der Waals surface area contributed by atoms with E-state index >= 15 is 0 Å². The van der Waals surface area contributed by atoms with Gasteiger partial charge in [-0.05, 0) is 17.7 Å². The number of ether oxygens (including phenoxy) is 1. The summed E-state index contributed by atoms with van der Waals surface area (Å²) in [5.74, 6) is 0.760. The van der Waals surface area contributed by atoms with Crippen molar-refractivity contribution in [1.29, 1.82) is 0 Å². The van der Waals surface area contributed by atoms with Gasteiger partial charge in [0, 0.05) is 33.1 Å². The molecule has 0 aliphatic carbocycles. The molecule has 8 heteroatoms. The second-order valence-electron chi connectivity index (χ2n) is 5.63. The molecule has 1 fully saturated rings. The molecular weight excluding hydrogens is 310 g/mol. The topological polar surface area (TPSA) is 86.9 Å². The van der Waals surface area contributed by atoms with Crippen LogP contribution < -0.4 is 4.74 Å². The third kappa shape index (κ3) is 3.27. The van der Waals surface area contributed by atoms with Crippen LogP contribution in [0.2, 0.25) is 0 Å². The van der Waals surface area contributed by atoms with E-state index in [4.69, 9.17) is 4.74 Å². The molecule has 1 aromatic carbocycles. The number of nitrogens with zero attached hydrogens (tertiary/aromatic N) is 5. The summed E-state index contributed by atoms with van der Waals surface area (Å²) in [6.07, 6.45) is 0. The van der Waals surface area contributed by atoms with Gasteiger partial charge in [0.05, 0.1) is 7.11 Å².